The maximum Gasteiger partial charge on any atom is 0.245 e. The van der Waals surface area contributed by atoms with Crippen LogP contribution in [-0.4, -0.2) is 29.7 Å². The predicted molar refractivity (Wildman–Crippen MR) is 82.3 cm³/mol. The molecule has 1 aliphatic rings. The van der Waals surface area contributed by atoms with Gasteiger partial charge in [0.25, 0.3) is 0 Å². The Labute approximate surface area is 132 Å². The van der Waals surface area contributed by atoms with E-state index in [4.69, 9.17) is 0 Å². The molecule has 8 heteroatoms. The number of hydrogen-bond donors (Lipinski definition) is 1. The average molecular weight is 333 g/mol. The fourth-order valence-electron chi connectivity index (χ4n) is 2.19. The summed E-state index contributed by atoms with van der Waals surface area (Å²) in [5.74, 6) is -0.886. The van der Waals surface area contributed by atoms with E-state index < -0.39 is 32.0 Å². The van der Waals surface area contributed by atoms with Crippen molar-refractivity contribution in [2.45, 2.75) is 11.7 Å². The van der Waals surface area contributed by atoms with Gasteiger partial charge in [0.1, 0.15) is 5.82 Å². The number of amidine groups is 1. The summed E-state index contributed by atoms with van der Waals surface area (Å²) >= 11 is 0. The Morgan fingerprint density at radius 1 is 1.17 bits per heavy atom. The van der Waals surface area contributed by atoms with Gasteiger partial charge < -0.3 is 0 Å². The number of aromatic nitrogens is 1. The number of rotatable bonds is 3. The minimum absolute atomic E-state index is 0.0459. The van der Waals surface area contributed by atoms with E-state index in [0.717, 1.165) is 0 Å². The minimum Gasteiger partial charge on any atom is -0.300 e. The normalized spacial score (nSPS) is 21.3. The molecule has 23 heavy (non-hydrogen) atoms. The van der Waals surface area contributed by atoms with Crippen molar-refractivity contribution in [3.05, 3.63) is 60.0 Å². The van der Waals surface area contributed by atoms with Crippen LogP contribution >= 0.6 is 0 Å². The molecule has 1 unspecified atom stereocenters. The molecule has 1 N–H and O–H groups in total. The van der Waals surface area contributed by atoms with E-state index in [0.29, 0.717) is 5.56 Å². The molecule has 1 saturated heterocycles. The Kier molecular flexibility index (Phi) is 3.91. The Bertz CT molecular complexity index is 865. The van der Waals surface area contributed by atoms with E-state index in [1.54, 1.807) is 12.1 Å². The highest BCUT2D eigenvalue weighted by atomic mass is 32.2. The molecule has 118 valence electrons. The van der Waals surface area contributed by atoms with Crippen LogP contribution in [0, 0.1) is 5.82 Å². The summed E-state index contributed by atoms with van der Waals surface area (Å²) in [5.41, 5.74) is 0.550. The first-order chi connectivity index (χ1) is 11.0. The van der Waals surface area contributed by atoms with Crippen LogP contribution in [0.25, 0.3) is 0 Å². The second-order valence-electron chi connectivity index (χ2n) is 4.96. The van der Waals surface area contributed by atoms with Crippen molar-refractivity contribution in [2.24, 2.45) is 4.99 Å². The first-order valence-electron chi connectivity index (χ1n) is 6.76. The van der Waals surface area contributed by atoms with Crippen LogP contribution in [0.5, 0.6) is 0 Å². The van der Waals surface area contributed by atoms with Crippen LogP contribution in [0.2, 0.25) is 0 Å². The number of carbonyl (C=O) groups is 1. The van der Waals surface area contributed by atoms with E-state index in [1.165, 1.54) is 36.5 Å². The van der Waals surface area contributed by atoms with Gasteiger partial charge in [-0.15, -0.1) is 0 Å². The maximum absolute atomic E-state index is 12.9. The Morgan fingerprint density at radius 2 is 1.91 bits per heavy atom. The van der Waals surface area contributed by atoms with Crippen LogP contribution in [-0.2, 0) is 21.1 Å². The summed E-state index contributed by atoms with van der Waals surface area (Å²) < 4.78 is 37.8. The molecular weight excluding hydrogens is 321 g/mol. The molecule has 2 aromatic rings. The van der Waals surface area contributed by atoms with E-state index >= 15 is 0 Å². The van der Waals surface area contributed by atoms with Gasteiger partial charge in [-0.2, -0.15) is 0 Å². The number of hydrogen-bond acceptors (Lipinski definition) is 5. The van der Waals surface area contributed by atoms with E-state index in [9.17, 15) is 17.6 Å². The lowest BCUT2D eigenvalue weighted by Gasteiger charge is -2.06. The number of aliphatic imine (C=N–C) groups is 1. The van der Waals surface area contributed by atoms with Crippen molar-refractivity contribution in [1.82, 2.24) is 10.3 Å². The van der Waals surface area contributed by atoms with E-state index in [2.05, 4.69) is 15.3 Å². The summed E-state index contributed by atoms with van der Waals surface area (Å²) in [4.78, 5) is 19.8. The van der Waals surface area contributed by atoms with Gasteiger partial charge in [0.2, 0.25) is 20.9 Å². The minimum atomic E-state index is -3.93. The van der Waals surface area contributed by atoms with Crippen LogP contribution in [0.1, 0.15) is 5.56 Å². The molecule has 2 heterocycles. The smallest absolute Gasteiger partial charge is 0.245 e. The number of halogens is 1. The standard InChI is InChI=1S/C15H12FN3O3S/c16-11-6-4-10(5-7-11)9-12-14(20)19-15(23(12,21)22)18-13-3-1-2-8-17-13/h1-8,12H,9H2,(H,17,18,19,20). The summed E-state index contributed by atoms with van der Waals surface area (Å²) in [6, 6.07) is 10.2. The van der Waals surface area contributed by atoms with Crippen molar-refractivity contribution in [3.8, 4) is 0 Å². The molecule has 0 spiro atoms. The van der Waals surface area contributed by atoms with Crippen LogP contribution in [0.15, 0.2) is 53.7 Å². The molecule has 0 saturated carbocycles. The number of nitrogens with one attached hydrogen (secondary N) is 1. The fourth-order valence-corrected chi connectivity index (χ4v) is 3.67. The zero-order valence-corrected chi connectivity index (χ0v) is 12.6. The number of pyridine rings is 1. The number of amides is 1. The lowest BCUT2D eigenvalue weighted by molar-refractivity contribution is -0.118. The monoisotopic (exact) mass is 333 g/mol. The topological polar surface area (TPSA) is 88.5 Å². The van der Waals surface area contributed by atoms with Gasteiger partial charge >= 0.3 is 0 Å². The van der Waals surface area contributed by atoms with Gasteiger partial charge in [-0.1, -0.05) is 18.2 Å². The first kappa shape index (κ1) is 15.3. The quantitative estimate of drug-likeness (QED) is 0.919. The van der Waals surface area contributed by atoms with Gasteiger partial charge in [-0.3, -0.25) is 10.1 Å². The molecule has 1 atom stereocenters. The highest BCUT2D eigenvalue weighted by Gasteiger charge is 2.44. The van der Waals surface area contributed by atoms with Crippen LogP contribution in [0.4, 0.5) is 10.2 Å². The molecule has 1 amide bonds. The molecule has 1 aromatic heterocycles. The average Bonchev–Trinajstić information content (AvgIpc) is 2.73. The number of sulfone groups is 1. The molecule has 1 fully saturated rings. The molecule has 3 rings (SSSR count). The first-order valence-corrected chi connectivity index (χ1v) is 8.30. The third-order valence-corrected chi connectivity index (χ3v) is 5.23. The summed E-state index contributed by atoms with van der Waals surface area (Å²) in [6.07, 6.45) is 1.43. The number of carbonyl (C=O) groups excluding carboxylic acids is 1. The Morgan fingerprint density at radius 3 is 2.57 bits per heavy atom. The third kappa shape index (κ3) is 3.11. The Hall–Kier alpha value is -2.61. The lowest BCUT2D eigenvalue weighted by atomic mass is 10.1. The second kappa shape index (κ2) is 5.88. The van der Waals surface area contributed by atoms with Crippen LogP contribution in [0.3, 0.4) is 0 Å². The van der Waals surface area contributed by atoms with Crippen molar-refractivity contribution in [3.63, 3.8) is 0 Å². The maximum atomic E-state index is 12.9. The number of benzene rings is 1. The second-order valence-corrected chi connectivity index (χ2v) is 7.00. The third-order valence-electron chi connectivity index (χ3n) is 3.37. The largest absolute Gasteiger partial charge is 0.300 e. The SMILES string of the molecule is O=C1N/C(=N\c2ccccn2)S(=O)(=O)C1Cc1ccc(F)cc1. The molecule has 1 aliphatic heterocycles. The summed E-state index contributed by atoms with van der Waals surface area (Å²) in [7, 11) is -3.93. The lowest BCUT2D eigenvalue weighted by Crippen LogP contribution is -2.27. The molecule has 0 radical (unpaired) electrons. The molecule has 1 aromatic carbocycles. The molecule has 6 nitrogen and oxygen atoms in total. The van der Waals surface area contributed by atoms with Gasteiger partial charge in [0.15, 0.2) is 11.1 Å². The highest BCUT2D eigenvalue weighted by Crippen LogP contribution is 2.20. The summed E-state index contributed by atoms with van der Waals surface area (Å²) in [6.45, 7) is 0. The van der Waals surface area contributed by atoms with E-state index in [1.807, 2.05) is 0 Å². The zero-order chi connectivity index (χ0) is 16.4. The van der Waals surface area contributed by atoms with Crippen molar-refractivity contribution < 1.29 is 17.6 Å². The van der Waals surface area contributed by atoms with E-state index in [-0.39, 0.29) is 12.2 Å². The van der Waals surface area contributed by atoms with Crippen LogP contribution < -0.4 is 5.32 Å². The van der Waals surface area contributed by atoms with Gasteiger partial charge in [-0.25, -0.2) is 22.8 Å². The predicted octanol–water partition coefficient (Wildman–Crippen LogP) is 1.36. The molecule has 0 bridgehead atoms. The number of nitrogens with zero attached hydrogens (tertiary/aromatic N) is 2. The molecule has 0 aliphatic carbocycles. The van der Waals surface area contributed by atoms with Gasteiger partial charge in [0, 0.05) is 6.20 Å². The van der Waals surface area contributed by atoms with Crippen molar-refractivity contribution >= 4 is 26.7 Å². The summed E-state index contributed by atoms with van der Waals surface area (Å²) in [5, 5.41) is 0.592. The van der Waals surface area contributed by atoms with Gasteiger partial charge in [0.05, 0.1) is 0 Å². The zero-order valence-electron chi connectivity index (χ0n) is 11.8. The highest BCUT2D eigenvalue weighted by molar-refractivity contribution is 8.08. The molecular formula is C15H12FN3O3S. The fraction of sp³-hybridized carbons (Fsp3) is 0.133. The van der Waals surface area contributed by atoms with Gasteiger partial charge in [-0.05, 0) is 36.2 Å². The van der Waals surface area contributed by atoms with Crippen molar-refractivity contribution in [2.75, 3.05) is 0 Å². The Balaban J connectivity index is 1.90. The van der Waals surface area contributed by atoms with Crippen molar-refractivity contribution in [1.29, 1.82) is 0 Å².